The Morgan fingerprint density at radius 1 is 1.56 bits per heavy atom. The fourth-order valence-electron chi connectivity index (χ4n) is 1.30. The number of unbranched alkanes of at least 4 members (excludes halogenated alkanes) is 1. The topological polar surface area (TPSA) is 79.5 Å². The molecule has 1 unspecified atom stereocenters. The van der Waals surface area contributed by atoms with E-state index in [0.29, 0.717) is 6.42 Å². The summed E-state index contributed by atoms with van der Waals surface area (Å²) in [6.07, 6.45) is 3.45. The smallest absolute Gasteiger partial charge is 0.326 e. The maximum atomic E-state index is 11.5. The zero-order valence-electron chi connectivity index (χ0n) is 9.10. The highest BCUT2D eigenvalue weighted by atomic mass is 16.4. The first-order valence-corrected chi connectivity index (χ1v) is 5.22. The van der Waals surface area contributed by atoms with Gasteiger partial charge in [-0.3, -0.25) is 4.79 Å². The van der Waals surface area contributed by atoms with Crippen molar-refractivity contribution in [1.82, 2.24) is 5.32 Å². The van der Waals surface area contributed by atoms with Crippen molar-refractivity contribution in [3.05, 3.63) is 24.2 Å². The second kappa shape index (κ2) is 5.95. The summed E-state index contributed by atoms with van der Waals surface area (Å²) in [7, 11) is 0. The quantitative estimate of drug-likeness (QED) is 0.771. The Balaban J connectivity index is 2.54. The molecule has 0 fully saturated rings. The first-order chi connectivity index (χ1) is 7.65. The molecule has 1 amide bonds. The lowest BCUT2D eigenvalue weighted by atomic mass is 10.1. The zero-order chi connectivity index (χ0) is 12.0. The second-order valence-corrected chi connectivity index (χ2v) is 3.48. The van der Waals surface area contributed by atoms with Gasteiger partial charge in [-0.25, -0.2) is 4.79 Å². The van der Waals surface area contributed by atoms with E-state index >= 15 is 0 Å². The molecule has 0 aliphatic heterocycles. The molecular weight excluding hydrogens is 210 g/mol. The maximum Gasteiger partial charge on any atom is 0.326 e. The fourth-order valence-corrected chi connectivity index (χ4v) is 1.30. The summed E-state index contributed by atoms with van der Waals surface area (Å²) in [5, 5.41) is 11.3. The predicted molar refractivity (Wildman–Crippen MR) is 57.1 cm³/mol. The third kappa shape index (κ3) is 3.42. The number of carboxylic acid groups (broad SMARTS) is 1. The van der Waals surface area contributed by atoms with Crippen molar-refractivity contribution >= 4 is 11.9 Å². The van der Waals surface area contributed by atoms with Gasteiger partial charge in [-0.1, -0.05) is 19.8 Å². The van der Waals surface area contributed by atoms with E-state index in [2.05, 4.69) is 5.32 Å². The molecule has 0 aliphatic carbocycles. The van der Waals surface area contributed by atoms with Crippen molar-refractivity contribution in [3.8, 4) is 0 Å². The number of furan rings is 1. The van der Waals surface area contributed by atoms with Crippen LogP contribution in [0, 0.1) is 0 Å². The molecular formula is C11H15NO4. The van der Waals surface area contributed by atoms with Crippen molar-refractivity contribution in [2.45, 2.75) is 32.2 Å². The van der Waals surface area contributed by atoms with Gasteiger partial charge >= 0.3 is 5.97 Å². The van der Waals surface area contributed by atoms with E-state index in [9.17, 15) is 9.59 Å². The van der Waals surface area contributed by atoms with Gasteiger partial charge in [0.25, 0.3) is 5.91 Å². The van der Waals surface area contributed by atoms with Crippen molar-refractivity contribution in [3.63, 3.8) is 0 Å². The van der Waals surface area contributed by atoms with Crippen molar-refractivity contribution in [2.24, 2.45) is 0 Å². The lowest BCUT2D eigenvalue weighted by Gasteiger charge is -2.12. The molecule has 1 rings (SSSR count). The van der Waals surface area contributed by atoms with Crippen LogP contribution in [-0.2, 0) is 4.79 Å². The molecule has 5 heteroatoms. The van der Waals surface area contributed by atoms with Gasteiger partial charge in [0.05, 0.1) is 6.26 Å². The first kappa shape index (κ1) is 12.3. The largest absolute Gasteiger partial charge is 0.480 e. The lowest BCUT2D eigenvalue weighted by Crippen LogP contribution is -2.40. The summed E-state index contributed by atoms with van der Waals surface area (Å²) in [6.45, 7) is 1.97. The maximum absolute atomic E-state index is 11.5. The summed E-state index contributed by atoms with van der Waals surface area (Å²) in [5.74, 6) is -1.38. The van der Waals surface area contributed by atoms with Crippen LogP contribution in [0.5, 0.6) is 0 Å². The van der Waals surface area contributed by atoms with Crippen LogP contribution in [0.15, 0.2) is 22.8 Å². The van der Waals surface area contributed by atoms with Crippen LogP contribution in [-0.4, -0.2) is 23.0 Å². The van der Waals surface area contributed by atoms with Gasteiger partial charge in [0.2, 0.25) is 0 Å². The molecule has 0 spiro atoms. The number of amides is 1. The number of rotatable bonds is 6. The minimum absolute atomic E-state index is 0.128. The van der Waals surface area contributed by atoms with Gasteiger partial charge in [0, 0.05) is 0 Å². The lowest BCUT2D eigenvalue weighted by molar-refractivity contribution is -0.139. The number of carbonyl (C=O) groups is 2. The molecule has 1 heterocycles. The molecule has 0 radical (unpaired) electrons. The molecule has 1 aromatic rings. The highest BCUT2D eigenvalue weighted by molar-refractivity contribution is 5.94. The number of carboxylic acids is 1. The monoisotopic (exact) mass is 225 g/mol. The Bertz CT molecular complexity index is 345. The molecule has 2 N–H and O–H groups in total. The van der Waals surface area contributed by atoms with E-state index in [4.69, 9.17) is 9.52 Å². The van der Waals surface area contributed by atoms with E-state index in [0.717, 1.165) is 12.8 Å². The third-order valence-corrected chi connectivity index (χ3v) is 2.19. The number of aliphatic carboxylic acids is 1. The second-order valence-electron chi connectivity index (χ2n) is 3.48. The predicted octanol–water partition coefficient (Wildman–Crippen LogP) is 1.65. The van der Waals surface area contributed by atoms with Crippen LogP contribution < -0.4 is 5.32 Å². The molecule has 1 atom stereocenters. The number of carbonyl (C=O) groups excluding carboxylic acids is 1. The Morgan fingerprint density at radius 2 is 2.31 bits per heavy atom. The van der Waals surface area contributed by atoms with Crippen LogP contribution in [0.25, 0.3) is 0 Å². The first-order valence-electron chi connectivity index (χ1n) is 5.22. The van der Waals surface area contributed by atoms with E-state index in [1.807, 2.05) is 6.92 Å². The van der Waals surface area contributed by atoms with E-state index in [1.54, 1.807) is 6.07 Å². The van der Waals surface area contributed by atoms with Crippen LogP contribution >= 0.6 is 0 Å². The molecule has 0 bridgehead atoms. The molecule has 0 aliphatic rings. The molecule has 0 saturated heterocycles. The van der Waals surface area contributed by atoms with Crippen LogP contribution in [0.4, 0.5) is 0 Å². The summed E-state index contributed by atoms with van der Waals surface area (Å²) in [5.41, 5.74) is 0. The fraction of sp³-hybridized carbons (Fsp3) is 0.455. The van der Waals surface area contributed by atoms with Crippen LogP contribution in [0.3, 0.4) is 0 Å². The summed E-state index contributed by atoms with van der Waals surface area (Å²) in [4.78, 5) is 22.4. The van der Waals surface area contributed by atoms with E-state index < -0.39 is 17.9 Å². The van der Waals surface area contributed by atoms with Crippen LogP contribution in [0.2, 0.25) is 0 Å². The standard InChI is InChI=1S/C11H15NO4/c1-2-3-5-8(11(14)15)12-10(13)9-6-4-7-16-9/h4,6-8H,2-3,5H2,1H3,(H,12,13)(H,14,15). The average molecular weight is 225 g/mol. The molecule has 0 saturated carbocycles. The Kier molecular flexibility index (Phi) is 4.57. The Morgan fingerprint density at radius 3 is 2.81 bits per heavy atom. The van der Waals surface area contributed by atoms with Gasteiger partial charge in [-0.15, -0.1) is 0 Å². The van der Waals surface area contributed by atoms with Gasteiger partial charge in [0.1, 0.15) is 6.04 Å². The van der Waals surface area contributed by atoms with Gasteiger partial charge in [0.15, 0.2) is 5.76 Å². The SMILES string of the molecule is CCCCC(NC(=O)c1ccco1)C(=O)O. The van der Waals surface area contributed by atoms with Gasteiger partial charge in [-0.05, 0) is 18.6 Å². The van der Waals surface area contributed by atoms with E-state index in [1.165, 1.54) is 12.3 Å². The summed E-state index contributed by atoms with van der Waals surface area (Å²) in [6, 6.07) is 2.22. The Labute approximate surface area is 93.4 Å². The molecule has 5 nitrogen and oxygen atoms in total. The van der Waals surface area contributed by atoms with Crippen molar-refractivity contribution < 1.29 is 19.1 Å². The van der Waals surface area contributed by atoms with Crippen molar-refractivity contribution in [1.29, 1.82) is 0 Å². The van der Waals surface area contributed by atoms with Crippen LogP contribution in [0.1, 0.15) is 36.7 Å². The third-order valence-electron chi connectivity index (χ3n) is 2.19. The minimum atomic E-state index is -1.02. The number of hydrogen-bond acceptors (Lipinski definition) is 3. The summed E-state index contributed by atoms with van der Waals surface area (Å²) >= 11 is 0. The molecule has 16 heavy (non-hydrogen) atoms. The molecule has 88 valence electrons. The van der Waals surface area contributed by atoms with E-state index in [-0.39, 0.29) is 5.76 Å². The highest BCUT2D eigenvalue weighted by Crippen LogP contribution is 2.04. The zero-order valence-corrected chi connectivity index (χ0v) is 9.10. The minimum Gasteiger partial charge on any atom is -0.480 e. The number of hydrogen-bond donors (Lipinski definition) is 2. The number of nitrogens with one attached hydrogen (secondary N) is 1. The Hall–Kier alpha value is -1.78. The van der Waals surface area contributed by atoms with Crippen molar-refractivity contribution in [2.75, 3.05) is 0 Å². The summed E-state index contributed by atoms with van der Waals surface area (Å²) < 4.78 is 4.88. The van der Waals surface area contributed by atoms with Gasteiger partial charge < -0.3 is 14.8 Å². The average Bonchev–Trinajstić information content (AvgIpc) is 2.76. The normalized spacial score (nSPS) is 12.1. The molecule has 0 aromatic carbocycles. The van der Waals surface area contributed by atoms with Gasteiger partial charge in [-0.2, -0.15) is 0 Å². The molecule has 1 aromatic heterocycles. The highest BCUT2D eigenvalue weighted by Gasteiger charge is 2.20.